The van der Waals surface area contributed by atoms with Crippen molar-refractivity contribution in [2.75, 3.05) is 18.8 Å². The molecule has 0 spiro atoms. The van der Waals surface area contributed by atoms with E-state index in [0.29, 0.717) is 0 Å². The lowest BCUT2D eigenvalue weighted by Crippen LogP contribution is -3.11. The third-order valence-corrected chi connectivity index (χ3v) is 2.97. The van der Waals surface area contributed by atoms with Crippen molar-refractivity contribution in [1.82, 2.24) is 0 Å². The van der Waals surface area contributed by atoms with Crippen molar-refractivity contribution in [2.45, 2.75) is 25.8 Å². The topological polar surface area (TPSA) is 30.5 Å². The number of nitrogen functional groups attached to an aromatic ring is 1. The van der Waals surface area contributed by atoms with Crippen LogP contribution in [-0.2, 0) is 6.54 Å². The monoisotopic (exact) mass is 191 g/mol. The van der Waals surface area contributed by atoms with Crippen LogP contribution >= 0.6 is 0 Å². The van der Waals surface area contributed by atoms with Crippen LogP contribution in [0.1, 0.15) is 24.8 Å². The van der Waals surface area contributed by atoms with Gasteiger partial charge in [0.1, 0.15) is 6.54 Å². The SMILES string of the molecule is Nc1cccc(C[NH+]2CCCCC2)c1. The van der Waals surface area contributed by atoms with Crippen molar-refractivity contribution >= 4 is 5.69 Å². The number of benzene rings is 1. The molecule has 1 aliphatic heterocycles. The number of piperidine rings is 1. The van der Waals surface area contributed by atoms with Gasteiger partial charge >= 0.3 is 0 Å². The molecule has 1 aromatic carbocycles. The van der Waals surface area contributed by atoms with Gasteiger partial charge in [0, 0.05) is 11.3 Å². The van der Waals surface area contributed by atoms with Gasteiger partial charge in [0.2, 0.25) is 0 Å². The maximum Gasteiger partial charge on any atom is 0.103 e. The summed E-state index contributed by atoms with van der Waals surface area (Å²) in [4.78, 5) is 1.71. The smallest absolute Gasteiger partial charge is 0.103 e. The minimum atomic E-state index is 0.888. The van der Waals surface area contributed by atoms with Crippen LogP contribution in [0.25, 0.3) is 0 Å². The van der Waals surface area contributed by atoms with E-state index in [1.165, 1.54) is 37.9 Å². The zero-order chi connectivity index (χ0) is 9.80. The molecule has 0 aromatic heterocycles. The molecule has 0 amide bonds. The van der Waals surface area contributed by atoms with E-state index in [2.05, 4.69) is 12.1 Å². The zero-order valence-corrected chi connectivity index (χ0v) is 8.63. The number of hydrogen-bond donors (Lipinski definition) is 2. The van der Waals surface area contributed by atoms with Crippen LogP contribution in [0.2, 0.25) is 0 Å². The number of quaternary nitrogens is 1. The van der Waals surface area contributed by atoms with Gasteiger partial charge in [0.25, 0.3) is 0 Å². The average molecular weight is 191 g/mol. The van der Waals surface area contributed by atoms with Crippen molar-refractivity contribution in [3.05, 3.63) is 29.8 Å². The first-order chi connectivity index (χ1) is 6.84. The highest BCUT2D eigenvalue weighted by molar-refractivity contribution is 5.40. The van der Waals surface area contributed by atoms with Crippen LogP contribution in [0.4, 0.5) is 5.69 Å². The van der Waals surface area contributed by atoms with E-state index in [0.717, 1.165) is 12.2 Å². The summed E-state index contributed by atoms with van der Waals surface area (Å²) >= 11 is 0. The molecular formula is C12H19N2+. The number of nitrogens with one attached hydrogen (secondary N) is 1. The highest BCUT2D eigenvalue weighted by Gasteiger charge is 2.13. The molecule has 0 atom stereocenters. The van der Waals surface area contributed by atoms with Crippen LogP contribution < -0.4 is 10.6 Å². The number of nitrogens with two attached hydrogens (primary N) is 1. The molecule has 1 saturated heterocycles. The Morgan fingerprint density at radius 2 is 1.93 bits per heavy atom. The molecule has 0 radical (unpaired) electrons. The summed E-state index contributed by atoms with van der Waals surface area (Å²) in [5.74, 6) is 0. The second-order valence-corrected chi connectivity index (χ2v) is 4.23. The van der Waals surface area contributed by atoms with Gasteiger partial charge in [0.15, 0.2) is 0 Å². The molecule has 1 aromatic rings. The van der Waals surface area contributed by atoms with Crippen molar-refractivity contribution in [3.63, 3.8) is 0 Å². The molecule has 2 heteroatoms. The lowest BCUT2D eigenvalue weighted by molar-refractivity contribution is -0.918. The minimum Gasteiger partial charge on any atom is -0.399 e. The molecule has 2 nitrogen and oxygen atoms in total. The lowest BCUT2D eigenvalue weighted by Gasteiger charge is -2.23. The first kappa shape index (κ1) is 9.53. The summed E-state index contributed by atoms with van der Waals surface area (Å²) in [6, 6.07) is 8.28. The molecule has 76 valence electrons. The van der Waals surface area contributed by atoms with Gasteiger partial charge in [-0.2, -0.15) is 0 Å². The van der Waals surface area contributed by atoms with E-state index in [-0.39, 0.29) is 0 Å². The zero-order valence-electron chi connectivity index (χ0n) is 8.63. The molecule has 2 rings (SSSR count). The molecule has 3 N–H and O–H groups in total. The number of anilines is 1. The summed E-state index contributed by atoms with van der Waals surface area (Å²) in [5, 5.41) is 0. The van der Waals surface area contributed by atoms with E-state index >= 15 is 0 Å². The van der Waals surface area contributed by atoms with Crippen molar-refractivity contribution in [3.8, 4) is 0 Å². The number of likely N-dealkylation sites (tertiary alicyclic amines) is 1. The second kappa shape index (κ2) is 4.47. The predicted octanol–water partition coefficient (Wildman–Crippen LogP) is 0.838. The van der Waals surface area contributed by atoms with Gasteiger partial charge in [0.05, 0.1) is 13.1 Å². The van der Waals surface area contributed by atoms with Crippen LogP contribution in [0.5, 0.6) is 0 Å². The Morgan fingerprint density at radius 1 is 1.14 bits per heavy atom. The lowest BCUT2D eigenvalue weighted by atomic mass is 10.1. The largest absolute Gasteiger partial charge is 0.399 e. The van der Waals surface area contributed by atoms with Crippen LogP contribution in [0.15, 0.2) is 24.3 Å². The van der Waals surface area contributed by atoms with Gasteiger partial charge in [-0.15, -0.1) is 0 Å². The summed E-state index contributed by atoms with van der Waals surface area (Å²) < 4.78 is 0. The van der Waals surface area contributed by atoms with Gasteiger partial charge < -0.3 is 10.6 Å². The minimum absolute atomic E-state index is 0.888. The predicted molar refractivity (Wildman–Crippen MR) is 59.1 cm³/mol. The Bertz CT molecular complexity index is 290. The van der Waals surface area contributed by atoms with Gasteiger partial charge in [-0.1, -0.05) is 12.1 Å². The third-order valence-electron chi connectivity index (χ3n) is 2.97. The van der Waals surface area contributed by atoms with E-state index < -0.39 is 0 Å². The summed E-state index contributed by atoms with van der Waals surface area (Å²) in [5.41, 5.74) is 8.02. The Kier molecular flexibility index (Phi) is 3.04. The molecule has 0 aliphatic carbocycles. The van der Waals surface area contributed by atoms with E-state index in [4.69, 9.17) is 5.73 Å². The van der Waals surface area contributed by atoms with Crippen LogP contribution in [-0.4, -0.2) is 13.1 Å². The fraction of sp³-hybridized carbons (Fsp3) is 0.500. The number of rotatable bonds is 2. The molecule has 1 heterocycles. The third kappa shape index (κ3) is 2.48. The van der Waals surface area contributed by atoms with Crippen molar-refractivity contribution in [1.29, 1.82) is 0 Å². The van der Waals surface area contributed by atoms with E-state index in [9.17, 15) is 0 Å². The first-order valence-electron chi connectivity index (χ1n) is 5.52. The maximum atomic E-state index is 5.75. The van der Waals surface area contributed by atoms with Crippen molar-refractivity contribution < 1.29 is 4.90 Å². The standard InChI is InChI=1S/C12H18N2/c13-12-6-4-5-11(9-12)10-14-7-2-1-3-8-14/h4-6,9H,1-3,7-8,10,13H2/p+1. The fourth-order valence-electron chi connectivity index (χ4n) is 2.22. The van der Waals surface area contributed by atoms with Gasteiger partial charge in [-0.05, 0) is 31.4 Å². The van der Waals surface area contributed by atoms with Crippen LogP contribution in [0.3, 0.4) is 0 Å². The van der Waals surface area contributed by atoms with Crippen LogP contribution in [0, 0.1) is 0 Å². The molecule has 0 unspecified atom stereocenters. The molecule has 1 fully saturated rings. The van der Waals surface area contributed by atoms with Gasteiger partial charge in [-0.25, -0.2) is 0 Å². The summed E-state index contributed by atoms with van der Waals surface area (Å²) in [6.45, 7) is 3.80. The Hall–Kier alpha value is -1.02. The van der Waals surface area contributed by atoms with E-state index in [1.54, 1.807) is 4.90 Å². The maximum absolute atomic E-state index is 5.75. The Balaban J connectivity index is 1.95. The second-order valence-electron chi connectivity index (χ2n) is 4.23. The van der Waals surface area contributed by atoms with Crippen molar-refractivity contribution in [2.24, 2.45) is 0 Å². The number of hydrogen-bond acceptors (Lipinski definition) is 1. The molecule has 14 heavy (non-hydrogen) atoms. The summed E-state index contributed by atoms with van der Waals surface area (Å²) in [6.07, 6.45) is 4.19. The average Bonchev–Trinajstić information content (AvgIpc) is 2.19. The summed E-state index contributed by atoms with van der Waals surface area (Å²) in [7, 11) is 0. The Morgan fingerprint density at radius 3 is 2.64 bits per heavy atom. The van der Waals surface area contributed by atoms with Gasteiger partial charge in [-0.3, -0.25) is 0 Å². The molecule has 1 aliphatic rings. The normalized spacial score (nSPS) is 18.3. The quantitative estimate of drug-likeness (QED) is 0.667. The highest BCUT2D eigenvalue weighted by Crippen LogP contribution is 2.05. The highest BCUT2D eigenvalue weighted by atomic mass is 15.1. The molecule has 0 bridgehead atoms. The fourth-order valence-corrected chi connectivity index (χ4v) is 2.22. The van der Waals surface area contributed by atoms with E-state index in [1.807, 2.05) is 12.1 Å². The molecular weight excluding hydrogens is 172 g/mol. The first-order valence-corrected chi connectivity index (χ1v) is 5.52. The molecule has 0 saturated carbocycles. The Labute approximate surface area is 85.7 Å².